The van der Waals surface area contributed by atoms with Gasteiger partial charge in [-0.3, -0.25) is 4.79 Å². The van der Waals surface area contributed by atoms with Crippen LogP contribution < -0.4 is 5.32 Å². The summed E-state index contributed by atoms with van der Waals surface area (Å²) >= 11 is 0. The van der Waals surface area contributed by atoms with Gasteiger partial charge in [0.15, 0.2) is 5.82 Å². The molecule has 3 aromatic carbocycles. The Labute approximate surface area is 238 Å². The van der Waals surface area contributed by atoms with E-state index in [0.717, 1.165) is 22.9 Å². The van der Waals surface area contributed by atoms with Crippen molar-refractivity contribution in [2.75, 3.05) is 5.32 Å². The van der Waals surface area contributed by atoms with Crippen molar-refractivity contribution < 1.29 is 19.4 Å². The van der Waals surface area contributed by atoms with Crippen molar-refractivity contribution in [3.05, 3.63) is 71.9 Å². The number of anilines is 2. The molecule has 0 saturated heterocycles. The minimum absolute atomic E-state index is 0.141. The first-order valence-corrected chi connectivity index (χ1v) is 13.6. The van der Waals surface area contributed by atoms with E-state index in [1.54, 1.807) is 39.1 Å². The van der Waals surface area contributed by atoms with Crippen molar-refractivity contribution in [1.82, 2.24) is 19.7 Å². The summed E-state index contributed by atoms with van der Waals surface area (Å²) in [6, 6.07) is 16.7. The lowest BCUT2D eigenvalue weighted by Crippen LogP contribution is -2.27. The van der Waals surface area contributed by atoms with Gasteiger partial charge >= 0.3 is 6.09 Å². The molecular weight excluding hydrogens is 518 g/mol. The standard InChI is InChI=1S/C32H33N5O4/c1-6-8-24(38)15-20-9-7-10-21(14-20)29-35-26-13-19(2)28(39)17-25(26)30(36-29)34-23-11-12-27-22(16-23)18-33-37(27)31(40)41-32(3,4)5/h7,9-14,16-18,39H,6,8,15H2,1-5H3,(H,34,35,36). The molecule has 0 unspecified atom stereocenters. The van der Waals surface area contributed by atoms with Crippen LogP contribution in [0.2, 0.25) is 0 Å². The van der Waals surface area contributed by atoms with Gasteiger partial charge in [-0.05, 0) is 81.6 Å². The van der Waals surface area contributed by atoms with E-state index in [-0.39, 0.29) is 11.5 Å². The smallest absolute Gasteiger partial charge is 0.435 e. The Kier molecular flexibility index (Phi) is 7.45. The number of Topliss-reactive ketones (excluding diaryl/α,β-unsaturated/α-hetero) is 1. The molecule has 0 aliphatic carbocycles. The van der Waals surface area contributed by atoms with Crippen LogP contribution in [0.3, 0.4) is 0 Å². The number of nitrogens with one attached hydrogen (secondary N) is 1. The number of aryl methyl sites for hydroxylation is 1. The van der Waals surface area contributed by atoms with Gasteiger partial charge in [-0.25, -0.2) is 14.8 Å². The van der Waals surface area contributed by atoms with Gasteiger partial charge in [0.2, 0.25) is 0 Å². The van der Waals surface area contributed by atoms with Crippen LogP contribution in [0.15, 0.2) is 60.8 Å². The van der Waals surface area contributed by atoms with E-state index in [1.807, 2.05) is 56.3 Å². The zero-order chi connectivity index (χ0) is 29.3. The summed E-state index contributed by atoms with van der Waals surface area (Å²) in [6.07, 6.45) is 2.79. The molecule has 2 aromatic heterocycles. The molecule has 5 aromatic rings. The summed E-state index contributed by atoms with van der Waals surface area (Å²) in [6.45, 7) is 9.23. The molecule has 0 spiro atoms. The van der Waals surface area contributed by atoms with E-state index in [4.69, 9.17) is 14.7 Å². The average Bonchev–Trinajstić information content (AvgIpc) is 3.32. The monoisotopic (exact) mass is 551 g/mol. The molecule has 2 N–H and O–H groups in total. The molecule has 210 valence electrons. The molecule has 0 aliphatic heterocycles. The molecule has 0 fully saturated rings. The summed E-state index contributed by atoms with van der Waals surface area (Å²) in [4.78, 5) is 34.5. The number of hydrogen-bond acceptors (Lipinski definition) is 8. The molecule has 0 bridgehead atoms. The van der Waals surface area contributed by atoms with Crippen molar-refractivity contribution in [3.8, 4) is 17.1 Å². The van der Waals surface area contributed by atoms with Gasteiger partial charge in [0.25, 0.3) is 0 Å². The zero-order valence-corrected chi connectivity index (χ0v) is 23.9. The summed E-state index contributed by atoms with van der Waals surface area (Å²) in [5.41, 5.74) is 3.75. The fourth-order valence-electron chi connectivity index (χ4n) is 4.61. The fourth-order valence-corrected chi connectivity index (χ4v) is 4.61. The molecule has 0 radical (unpaired) electrons. The van der Waals surface area contributed by atoms with E-state index in [0.29, 0.717) is 52.2 Å². The van der Waals surface area contributed by atoms with E-state index in [2.05, 4.69) is 10.4 Å². The normalized spacial score (nSPS) is 11.6. The number of aromatic hydroxyl groups is 1. The maximum atomic E-state index is 12.6. The van der Waals surface area contributed by atoms with E-state index >= 15 is 0 Å². The van der Waals surface area contributed by atoms with Crippen LogP contribution in [0.25, 0.3) is 33.2 Å². The second-order valence-corrected chi connectivity index (χ2v) is 11.2. The number of phenols is 1. The molecule has 9 heteroatoms. The molecule has 0 atom stereocenters. The van der Waals surface area contributed by atoms with Crippen molar-refractivity contribution in [2.24, 2.45) is 0 Å². The fraction of sp³-hybridized carbons (Fsp3) is 0.281. The largest absolute Gasteiger partial charge is 0.508 e. The first-order chi connectivity index (χ1) is 19.5. The summed E-state index contributed by atoms with van der Waals surface area (Å²) in [7, 11) is 0. The molecule has 5 rings (SSSR count). The lowest BCUT2D eigenvalue weighted by Gasteiger charge is -2.19. The van der Waals surface area contributed by atoms with Gasteiger partial charge in [0, 0.05) is 34.9 Å². The van der Waals surface area contributed by atoms with Gasteiger partial charge in [0.1, 0.15) is 23.0 Å². The van der Waals surface area contributed by atoms with Gasteiger partial charge in [-0.15, -0.1) is 0 Å². The zero-order valence-electron chi connectivity index (χ0n) is 23.9. The summed E-state index contributed by atoms with van der Waals surface area (Å²) in [5, 5.41) is 19.4. The summed E-state index contributed by atoms with van der Waals surface area (Å²) in [5.74, 6) is 1.34. The van der Waals surface area contributed by atoms with E-state index in [9.17, 15) is 14.7 Å². The van der Waals surface area contributed by atoms with Crippen LogP contribution in [0.5, 0.6) is 5.75 Å². The number of ketones is 1. The maximum absolute atomic E-state index is 12.6. The SMILES string of the molecule is CCCC(=O)Cc1cccc(-c2nc(Nc3ccc4c(cnn4C(=O)OC(C)(C)C)c3)c3cc(O)c(C)cc3n2)c1. The Morgan fingerprint density at radius 2 is 1.85 bits per heavy atom. The minimum Gasteiger partial charge on any atom is -0.508 e. The highest BCUT2D eigenvalue weighted by Crippen LogP contribution is 2.33. The molecule has 9 nitrogen and oxygen atoms in total. The topological polar surface area (TPSA) is 119 Å². The van der Waals surface area contributed by atoms with Gasteiger partial charge in [-0.2, -0.15) is 9.78 Å². The number of carbonyl (C=O) groups excluding carboxylic acids is 2. The van der Waals surface area contributed by atoms with Crippen molar-refractivity contribution in [1.29, 1.82) is 0 Å². The van der Waals surface area contributed by atoms with Crippen LogP contribution >= 0.6 is 0 Å². The second kappa shape index (κ2) is 11.0. The lowest BCUT2D eigenvalue weighted by atomic mass is 10.0. The van der Waals surface area contributed by atoms with E-state index in [1.165, 1.54) is 4.68 Å². The number of benzene rings is 3. The van der Waals surface area contributed by atoms with Crippen LogP contribution in [-0.4, -0.2) is 42.3 Å². The number of carbonyl (C=O) groups is 2. The third-order valence-electron chi connectivity index (χ3n) is 6.53. The quantitative estimate of drug-likeness (QED) is 0.220. The van der Waals surface area contributed by atoms with Gasteiger partial charge < -0.3 is 15.2 Å². The Bertz CT molecular complexity index is 1790. The van der Waals surface area contributed by atoms with E-state index < -0.39 is 11.7 Å². The average molecular weight is 552 g/mol. The predicted molar refractivity (Wildman–Crippen MR) is 160 cm³/mol. The minimum atomic E-state index is -0.642. The van der Waals surface area contributed by atoms with Crippen LogP contribution in [0.4, 0.5) is 16.3 Å². The van der Waals surface area contributed by atoms with Gasteiger partial charge in [0.05, 0.1) is 17.2 Å². The number of aromatic nitrogens is 4. The van der Waals surface area contributed by atoms with Gasteiger partial charge in [-0.1, -0.05) is 25.1 Å². The summed E-state index contributed by atoms with van der Waals surface area (Å²) < 4.78 is 6.71. The number of ether oxygens (including phenoxy) is 1. The first-order valence-electron chi connectivity index (χ1n) is 13.6. The maximum Gasteiger partial charge on any atom is 0.435 e. The molecule has 0 amide bonds. The number of nitrogens with zero attached hydrogens (tertiary/aromatic N) is 4. The third kappa shape index (κ3) is 6.19. The highest BCUT2D eigenvalue weighted by Gasteiger charge is 2.20. The number of rotatable bonds is 7. The highest BCUT2D eigenvalue weighted by molar-refractivity contribution is 5.95. The molecular formula is C32H33N5O4. The van der Waals surface area contributed by atoms with Crippen LogP contribution in [0, 0.1) is 6.92 Å². The molecule has 2 heterocycles. The van der Waals surface area contributed by atoms with Crippen LogP contribution in [0.1, 0.15) is 51.7 Å². The number of hydrogen-bond donors (Lipinski definition) is 2. The van der Waals surface area contributed by atoms with Crippen LogP contribution in [-0.2, 0) is 16.0 Å². The Morgan fingerprint density at radius 3 is 2.61 bits per heavy atom. The van der Waals surface area contributed by atoms with Crippen molar-refractivity contribution >= 4 is 45.2 Å². The molecule has 0 aliphatic rings. The van der Waals surface area contributed by atoms with Crippen molar-refractivity contribution in [2.45, 2.75) is 59.5 Å². The Hall–Kier alpha value is -4.79. The number of fused-ring (bicyclic) bond motifs is 2. The molecule has 41 heavy (non-hydrogen) atoms. The Balaban J connectivity index is 1.53. The third-order valence-corrected chi connectivity index (χ3v) is 6.53. The molecule has 0 saturated carbocycles. The predicted octanol–water partition coefficient (Wildman–Crippen LogP) is 7.10. The number of phenolic OH excluding ortho intramolecular Hbond substituents is 1. The highest BCUT2D eigenvalue weighted by atomic mass is 16.6. The lowest BCUT2D eigenvalue weighted by molar-refractivity contribution is -0.118. The second-order valence-electron chi connectivity index (χ2n) is 11.2. The first kappa shape index (κ1) is 27.8. The Morgan fingerprint density at radius 1 is 1.05 bits per heavy atom. The van der Waals surface area contributed by atoms with Crippen molar-refractivity contribution in [3.63, 3.8) is 0 Å².